The van der Waals surface area contributed by atoms with Gasteiger partial charge in [-0.1, -0.05) is 28.1 Å². The second-order valence-electron chi connectivity index (χ2n) is 4.32. The zero-order chi connectivity index (χ0) is 13.7. The van der Waals surface area contributed by atoms with Crippen LogP contribution in [0.15, 0.2) is 24.3 Å². The highest BCUT2D eigenvalue weighted by Gasteiger charge is 2.20. The molecular formula is C13H17BrN2O2. The van der Waals surface area contributed by atoms with Crippen molar-refractivity contribution in [1.29, 1.82) is 0 Å². The van der Waals surface area contributed by atoms with Gasteiger partial charge in [-0.25, -0.2) is 0 Å². The molecule has 0 saturated heterocycles. The van der Waals surface area contributed by atoms with Crippen molar-refractivity contribution in [2.24, 2.45) is 5.73 Å². The Kier molecular flexibility index (Phi) is 5.34. The minimum absolute atomic E-state index is 0.0588. The van der Waals surface area contributed by atoms with Crippen molar-refractivity contribution in [2.75, 3.05) is 6.54 Å². The number of nitrogens with zero attached hydrogens (tertiary/aromatic N) is 1. The van der Waals surface area contributed by atoms with E-state index >= 15 is 0 Å². The molecule has 1 aromatic carbocycles. The third-order valence-corrected chi connectivity index (χ3v) is 3.21. The summed E-state index contributed by atoms with van der Waals surface area (Å²) >= 11 is 3.35. The van der Waals surface area contributed by atoms with E-state index in [2.05, 4.69) is 15.9 Å². The maximum atomic E-state index is 12.2. The predicted octanol–water partition coefficient (Wildman–Crippen LogP) is 1.92. The molecule has 0 heterocycles. The van der Waals surface area contributed by atoms with Gasteiger partial charge < -0.3 is 10.6 Å². The first-order chi connectivity index (χ1) is 8.45. The predicted molar refractivity (Wildman–Crippen MR) is 74.4 cm³/mol. The van der Waals surface area contributed by atoms with Gasteiger partial charge in [0.15, 0.2) is 0 Å². The molecule has 0 aliphatic carbocycles. The van der Waals surface area contributed by atoms with Gasteiger partial charge in [0.05, 0.1) is 6.54 Å². The molecule has 18 heavy (non-hydrogen) atoms. The summed E-state index contributed by atoms with van der Waals surface area (Å²) in [6.45, 7) is 3.65. The zero-order valence-corrected chi connectivity index (χ0v) is 12.1. The zero-order valence-electron chi connectivity index (χ0n) is 10.5. The van der Waals surface area contributed by atoms with Gasteiger partial charge in [-0.15, -0.1) is 0 Å². The molecule has 0 atom stereocenters. The average Bonchev–Trinajstić information content (AvgIpc) is 2.34. The number of benzene rings is 1. The van der Waals surface area contributed by atoms with Gasteiger partial charge >= 0.3 is 0 Å². The van der Waals surface area contributed by atoms with Crippen LogP contribution in [-0.4, -0.2) is 29.3 Å². The molecule has 0 radical (unpaired) electrons. The van der Waals surface area contributed by atoms with E-state index < -0.39 is 5.91 Å². The maximum absolute atomic E-state index is 12.2. The Balaban J connectivity index is 2.90. The lowest BCUT2D eigenvalue weighted by Crippen LogP contribution is -2.42. The van der Waals surface area contributed by atoms with Gasteiger partial charge in [-0.3, -0.25) is 9.59 Å². The Hall–Kier alpha value is -1.36. The molecular weight excluding hydrogens is 296 g/mol. The van der Waals surface area contributed by atoms with Crippen molar-refractivity contribution in [2.45, 2.75) is 25.2 Å². The largest absolute Gasteiger partial charge is 0.368 e. The van der Waals surface area contributed by atoms with E-state index in [0.717, 1.165) is 10.9 Å². The topological polar surface area (TPSA) is 63.4 Å². The van der Waals surface area contributed by atoms with E-state index in [1.165, 1.54) is 4.90 Å². The van der Waals surface area contributed by atoms with E-state index in [4.69, 9.17) is 5.73 Å². The fourth-order valence-electron chi connectivity index (χ4n) is 1.56. The van der Waals surface area contributed by atoms with Crippen LogP contribution in [0.25, 0.3) is 0 Å². The highest BCUT2D eigenvalue weighted by molar-refractivity contribution is 9.08. The Labute approximate surface area is 115 Å². The number of halogens is 1. The number of nitrogens with two attached hydrogens (primary N) is 1. The number of carbonyl (C=O) groups excluding carboxylic acids is 2. The number of rotatable bonds is 5. The highest BCUT2D eigenvalue weighted by Crippen LogP contribution is 2.11. The smallest absolute Gasteiger partial charge is 0.254 e. The molecule has 1 rings (SSSR count). The number of alkyl halides is 1. The van der Waals surface area contributed by atoms with Gasteiger partial charge in [0, 0.05) is 16.9 Å². The van der Waals surface area contributed by atoms with E-state index in [1.54, 1.807) is 12.1 Å². The number of hydrogen-bond acceptors (Lipinski definition) is 2. The average molecular weight is 313 g/mol. The van der Waals surface area contributed by atoms with Crippen molar-refractivity contribution >= 4 is 27.7 Å². The highest BCUT2D eigenvalue weighted by atomic mass is 79.9. The number of hydrogen-bond donors (Lipinski definition) is 1. The van der Waals surface area contributed by atoms with Crippen LogP contribution in [0, 0.1) is 0 Å². The molecule has 0 aromatic heterocycles. The first kappa shape index (κ1) is 14.7. The number of carbonyl (C=O) groups is 2. The number of primary amides is 1. The van der Waals surface area contributed by atoms with Gasteiger partial charge in [0.25, 0.3) is 5.91 Å². The lowest BCUT2D eigenvalue weighted by Gasteiger charge is -2.25. The lowest BCUT2D eigenvalue weighted by molar-refractivity contribution is -0.119. The molecule has 1 aromatic rings. The fourth-order valence-corrected chi connectivity index (χ4v) is 1.93. The Morgan fingerprint density at radius 2 is 1.83 bits per heavy atom. The van der Waals surface area contributed by atoms with Crippen LogP contribution in [0.3, 0.4) is 0 Å². The van der Waals surface area contributed by atoms with Gasteiger partial charge in [-0.2, -0.15) is 0 Å². The van der Waals surface area contributed by atoms with E-state index in [1.807, 2.05) is 26.0 Å². The molecule has 0 fully saturated rings. The summed E-state index contributed by atoms with van der Waals surface area (Å²) in [6.07, 6.45) is 0. The third-order valence-electron chi connectivity index (χ3n) is 2.57. The molecule has 0 bridgehead atoms. The van der Waals surface area contributed by atoms with Crippen LogP contribution in [-0.2, 0) is 10.1 Å². The third kappa shape index (κ3) is 3.84. The SMILES string of the molecule is CC(C)N(CC(N)=O)C(=O)c1ccc(CBr)cc1. The number of amides is 2. The fraction of sp³-hybridized carbons (Fsp3) is 0.385. The van der Waals surface area contributed by atoms with Crippen LogP contribution < -0.4 is 5.73 Å². The molecule has 0 unspecified atom stereocenters. The maximum Gasteiger partial charge on any atom is 0.254 e. The molecule has 2 N–H and O–H groups in total. The quantitative estimate of drug-likeness (QED) is 0.844. The molecule has 0 spiro atoms. The first-order valence-corrected chi connectivity index (χ1v) is 6.82. The summed E-state index contributed by atoms with van der Waals surface area (Å²) in [5.41, 5.74) is 6.81. The lowest BCUT2D eigenvalue weighted by atomic mass is 10.1. The van der Waals surface area contributed by atoms with Crippen molar-refractivity contribution in [3.8, 4) is 0 Å². The van der Waals surface area contributed by atoms with Gasteiger partial charge in [0.1, 0.15) is 0 Å². The second kappa shape index (κ2) is 6.54. The molecule has 2 amide bonds. The molecule has 0 aliphatic rings. The van der Waals surface area contributed by atoms with Gasteiger partial charge in [0.2, 0.25) is 5.91 Å². The summed E-state index contributed by atoms with van der Waals surface area (Å²) < 4.78 is 0. The summed E-state index contributed by atoms with van der Waals surface area (Å²) in [4.78, 5) is 24.7. The van der Waals surface area contributed by atoms with E-state index in [0.29, 0.717) is 5.56 Å². The van der Waals surface area contributed by atoms with Crippen molar-refractivity contribution in [3.63, 3.8) is 0 Å². The minimum Gasteiger partial charge on any atom is -0.368 e. The van der Waals surface area contributed by atoms with E-state index in [9.17, 15) is 9.59 Å². The standard InChI is InChI=1S/C13H17BrN2O2/c1-9(2)16(8-12(15)17)13(18)11-5-3-10(7-14)4-6-11/h3-6,9H,7-8H2,1-2H3,(H2,15,17). The summed E-state index contributed by atoms with van der Waals surface area (Å²) in [6, 6.07) is 7.21. The van der Waals surface area contributed by atoms with Crippen LogP contribution in [0.5, 0.6) is 0 Å². The van der Waals surface area contributed by atoms with Crippen molar-refractivity contribution in [3.05, 3.63) is 35.4 Å². The molecule has 4 nitrogen and oxygen atoms in total. The Bertz CT molecular complexity index is 429. The van der Waals surface area contributed by atoms with Crippen LogP contribution in [0.2, 0.25) is 0 Å². The molecule has 98 valence electrons. The molecule has 0 saturated carbocycles. The monoisotopic (exact) mass is 312 g/mol. The Morgan fingerprint density at radius 3 is 2.22 bits per heavy atom. The second-order valence-corrected chi connectivity index (χ2v) is 4.88. The van der Waals surface area contributed by atoms with Crippen molar-refractivity contribution < 1.29 is 9.59 Å². The molecule has 0 aliphatic heterocycles. The van der Waals surface area contributed by atoms with E-state index in [-0.39, 0.29) is 18.5 Å². The summed E-state index contributed by atoms with van der Waals surface area (Å²) in [7, 11) is 0. The molecule has 5 heteroatoms. The van der Waals surface area contributed by atoms with Gasteiger partial charge in [-0.05, 0) is 31.5 Å². The minimum atomic E-state index is -0.505. The van der Waals surface area contributed by atoms with Crippen LogP contribution >= 0.6 is 15.9 Å². The first-order valence-electron chi connectivity index (χ1n) is 5.70. The Morgan fingerprint density at radius 1 is 1.28 bits per heavy atom. The van der Waals surface area contributed by atoms with Crippen LogP contribution in [0.1, 0.15) is 29.8 Å². The summed E-state index contributed by atoms with van der Waals surface area (Å²) in [5.74, 6) is -0.681. The summed E-state index contributed by atoms with van der Waals surface area (Å²) in [5, 5.41) is 0.747. The normalized spacial score (nSPS) is 10.4. The van der Waals surface area contributed by atoms with Crippen molar-refractivity contribution in [1.82, 2.24) is 4.90 Å². The van der Waals surface area contributed by atoms with Crippen LogP contribution in [0.4, 0.5) is 0 Å².